The Balaban J connectivity index is 2.05. The smallest absolute Gasteiger partial charge is 0.0934 e. The monoisotopic (exact) mass is 672 g/mol. The van der Waals surface area contributed by atoms with Crippen LogP contribution in [0.3, 0.4) is 0 Å². The number of ether oxygens (including phenoxy) is 2. The number of allylic oxidation sites excluding steroid dienone is 8. The first-order valence-corrected chi connectivity index (χ1v) is 21.0. The van der Waals surface area contributed by atoms with Crippen LogP contribution < -0.4 is 0 Å². The van der Waals surface area contributed by atoms with Crippen molar-refractivity contribution in [2.24, 2.45) is 0 Å². The number of hydrogen-bond donors (Lipinski definition) is 1. The Labute approximate surface area is 299 Å². The molecule has 1 aliphatic rings. The van der Waals surface area contributed by atoms with Crippen molar-refractivity contribution >= 4 is 0 Å². The zero-order chi connectivity index (χ0) is 34.4. The first kappa shape index (κ1) is 44.8. The molecule has 1 N–H and O–H groups in total. The third-order valence-electron chi connectivity index (χ3n) is 9.51. The number of rotatable bonds is 35. The lowest BCUT2D eigenvalue weighted by Crippen LogP contribution is -2.42. The molecule has 1 fully saturated rings. The highest BCUT2D eigenvalue weighted by Gasteiger charge is 2.21. The van der Waals surface area contributed by atoms with E-state index < -0.39 is 0 Å². The van der Waals surface area contributed by atoms with Crippen molar-refractivity contribution in [1.29, 1.82) is 0 Å². The average molecular weight is 672 g/mol. The van der Waals surface area contributed by atoms with Gasteiger partial charge in [-0.05, 0) is 89.9 Å². The van der Waals surface area contributed by atoms with Crippen LogP contribution in [-0.4, -0.2) is 61.7 Å². The Kier molecular flexibility index (Phi) is 34.6. The first-order valence-electron chi connectivity index (χ1n) is 21.0. The summed E-state index contributed by atoms with van der Waals surface area (Å²) in [5, 5.41) is 9.91. The molecule has 0 aromatic carbocycles. The van der Waals surface area contributed by atoms with Crippen LogP contribution in [0, 0.1) is 0 Å². The number of piperidine rings is 1. The van der Waals surface area contributed by atoms with Gasteiger partial charge in [0.25, 0.3) is 0 Å². The highest BCUT2D eigenvalue weighted by atomic mass is 16.5. The summed E-state index contributed by atoms with van der Waals surface area (Å²) in [5.74, 6) is 0. The van der Waals surface area contributed by atoms with Gasteiger partial charge in [-0.25, -0.2) is 0 Å². The van der Waals surface area contributed by atoms with Crippen LogP contribution in [0.1, 0.15) is 181 Å². The number of aliphatic hydroxyl groups is 1. The zero-order valence-corrected chi connectivity index (χ0v) is 32.1. The van der Waals surface area contributed by atoms with Crippen molar-refractivity contribution < 1.29 is 14.6 Å². The number of nitrogens with zero attached hydrogens (tertiary/aromatic N) is 1. The van der Waals surface area contributed by atoms with Gasteiger partial charge in [0.15, 0.2) is 0 Å². The summed E-state index contributed by atoms with van der Waals surface area (Å²) in [4.78, 5) is 2.46. The second-order valence-electron chi connectivity index (χ2n) is 14.3. The quantitative estimate of drug-likeness (QED) is 0.0538. The molecule has 0 aromatic rings. The summed E-state index contributed by atoms with van der Waals surface area (Å²) in [6, 6.07) is 0. The molecule has 1 unspecified atom stereocenters. The molecule has 1 atom stereocenters. The van der Waals surface area contributed by atoms with E-state index in [1.807, 2.05) is 0 Å². The summed E-state index contributed by atoms with van der Waals surface area (Å²) >= 11 is 0. The van der Waals surface area contributed by atoms with Crippen molar-refractivity contribution in [2.75, 3.05) is 39.5 Å². The second kappa shape index (κ2) is 37.1. The lowest BCUT2D eigenvalue weighted by atomic mass is 10.1. The zero-order valence-electron chi connectivity index (χ0n) is 32.1. The van der Waals surface area contributed by atoms with E-state index in [0.717, 1.165) is 71.4 Å². The summed E-state index contributed by atoms with van der Waals surface area (Å²) in [6.07, 6.45) is 51.0. The Morgan fingerprint density at radius 1 is 0.542 bits per heavy atom. The van der Waals surface area contributed by atoms with Gasteiger partial charge in [0, 0.05) is 32.8 Å². The van der Waals surface area contributed by atoms with Gasteiger partial charge in [-0.2, -0.15) is 0 Å². The molecule has 0 radical (unpaired) electrons. The SMILES string of the molecule is CCCCC/C=C\C/C=C\CCCCCCCCOCC(CN1CCC(O)CC1)OCCCCCCCC/C=C\C/C=C\CCCCC. The standard InChI is InChI=1S/C44H81NO3/c1-3-5-7-9-11-13-15-17-19-21-23-25-27-29-31-33-39-47-42-44(41-45-37-35-43(46)36-38-45)48-40-34-32-30-28-26-24-22-20-18-16-14-12-10-8-6-4-2/h11-14,17-20,43-44,46H,3-10,15-16,21-42H2,1-2H3/b13-11-,14-12-,19-17-,20-18-. The van der Waals surface area contributed by atoms with Crippen LogP contribution in [0.25, 0.3) is 0 Å². The molecule has 48 heavy (non-hydrogen) atoms. The van der Waals surface area contributed by atoms with E-state index in [0.29, 0.717) is 6.61 Å². The van der Waals surface area contributed by atoms with Gasteiger partial charge in [0.05, 0.1) is 18.8 Å². The highest BCUT2D eigenvalue weighted by Crippen LogP contribution is 2.14. The van der Waals surface area contributed by atoms with Crippen molar-refractivity contribution in [3.8, 4) is 0 Å². The van der Waals surface area contributed by atoms with Gasteiger partial charge < -0.3 is 19.5 Å². The Morgan fingerprint density at radius 3 is 1.44 bits per heavy atom. The number of aliphatic hydroxyl groups excluding tert-OH is 1. The third kappa shape index (κ3) is 32.0. The molecule has 0 amide bonds. The number of unbranched alkanes of at least 4 members (excludes halogenated alkanes) is 18. The lowest BCUT2D eigenvalue weighted by Gasteiger charge is -2.32. The summed E-state index contributed by atoms with van der Waals surface area (Å²) < 4.78 is 12.5. The van der Waals surface area contributed by atoms with Gasteiger partial charge in [-0.15, -0.1) is 0 Å². The molecule has 4 heteroatoms. The van der Waals surface area contributed by atoms with Crippen LogP contribution in [0.4, 0.5) is 0 Å². The molecular weight excluding hydrogens is 590 g/mol. The van der Waals surface area contributed by atoms with Gasteiger partial charge in [0.2, 0.25) is 0 Å². The van der Waals surface area contributed by atoms with Crippen LogP contribution in [0.5, 0.6) is 0 Å². The molecule has 1 aliphatic heterocycles. The molecule has 280 valence electrons. The molecular formula is C44H81NO3. The predicted octanol–water partition coefficient (Wildman–Crippen LogP) is 12.5. The van der Waals surface area contributed by atoms with Gasteiger partial charge in [0.1, 0.15) is 0 Å². The fraction of sp³-hybridized carbons (Fsp3) is 0.818. The van der Waals surface area contributed by atoms with Crippen molar-refractivity contribution in [3.63, 3.8) is 0 Å². The van der Waals surface area contributed by atoms with E-state index in [9.17, 15) is 5.11 Å². The van der Waals surface area contributed by atoms with E-state index in [4.69, 9.17) is 9.47 Å². The van der Waals surface area contributed by atoms with Crippen molar-refractivity contribution in [3.05, 3.63) is 48.6 Å². The fourth-order valence-electron chi connectivity index (χ4n) is 6.29. The Morgan fingerprint density at radius 2 is 0.958 bits per heavy atom. The second-order valence-corrected chi connectivity index (χ2v) is 14.3. The molecule has 0 aromatic heterocycles. The number of likely N-dealkylation sites (tertiary alicyclic amines) is 1. The van der Waals surface area contributed by atoms with Crippen LogP contribution >= 0.6 is 0 Å². The van der Waals surface area contributed by atoms with E-state index in [2.05, 4.69) is 67.4 Å². The van der Waals surface area contributed by atoms with E-state index in [-0.39, 0.29) is 12.2 Å². The summed E-state index contributed by atoms with van der Waals surface area (Å²) in [6.45, 7) is 9.77. The maximum Gasteiger partial charge on any atom is 0.0934 e. The predicted molar refractivity (Wildman–Crippen MR) is 211 cm³/mol. The largest absolute Gasteiger partial charge is 0.393 e. The summed E-state index contributed by atoms with van der Waals surface area (Å²) in [7, 11) is 0. The molecule has 4 nitrogen and oxygen atoms in total. The number of hydrogen-bond acceptors (Lipinski definition) is 4. The molecule has 0 spiro atoms. The molecule has 1 heterocycles. The molecule has 0 saturated carbocycles. The fourth-order valence-corrected chi connectivity index (χ4v) is 6.29. The summed E-state index contributed by atoms with van der Waals surface area (Å²) in [5.41, 5.74) is 0. The topological polar surface area (TPSA) is 41.9 Å². The van der Waals surface area contributed by atoms with Gasteiger partial charge in [-0.3, -0.25) is 0 Å². The van der Waals surface area contributed by atoms with Gasteiger partial charge in [-0.1, -0.05) is 140 Å². The minimum Gasteiger partial charge on any atom is -0.393 e. The van der Waals surface area contributed by atoms with Crippen LogP contribution in [0.2, 0.25) is 0 Å². The lowest BCUT2D eigenvalue weighted by molar-refractivity contribution is -0.0414. The van der Waals surface area contributed by atoms with E-state index in [1.165, 1.54) is 128 Å². The van der Waals surface area contributed by atoms with E-state index >= 15 is 0 Å². The minimum absolute atomic E-state index is 0.126. The normalized spacial score (nSPS) is 15.7. The maximum atomic E-state index is 9.91. The first-order chi connectivity index (χ1) is 23.8. The highest BCUT2D eigenvalue weighted by molar-refractivity contribution is 4.93. The van der Waals surface area contributed by atoms with Crippen LogP contribution in [0.15, 0.2) is 48.6 Å². The average Bonchev–Trinajstić information content (AvgIpc) is 3.09. The third-order valence-corrected chi connectivity index (χ3v) is 9.51. The molecule has 0 bridgehead atoms. The Hall–Kier alpha value is -1.20. The van der Waals surface area contributed by atoms with Crippen molar-refractivity contribution in [1.82, 2.24) is 4.90 Å². The van der Waals surface area contributed by atoms with Crippen LogP contribution in [-0.2, 0) is 9.47 Å². The van der Waals surface area contributed by atoms with E-state index in [1.54, 1.807) is 0 Å². The molecule has 1 rings (SSSR count). The molecule has 0 aliphatic carbocycles. The molecule has 1 saturated heterocycles. The maximum absolute atomic E-state index is 9.91. The minimum atomic E-state index is -0.126. The van der Waals surface area contributed by atoms with Gasteiger partial charge >= 0.3 is 0 Å². The Bertz CT molecular complexity index is 752. The van der Waals surface area contributed by atoms with Crippen molar-refractivity contribution in [2.45, 2.75) is 193 Å².